The Hall–Kier alpha value is -2.28. The second kappa shape index (κ2) is 4.71. The average molecular weight is 234 g/mol. The lowest BCUT2D eigenvalue weighted by Gasteiger charge is -2.09. The van der Waals surface area contributed by atoms with E-state index < -0.39 is 11.0 Å². The maximum Gasteiger partial charge on any atom is 0.306 e. The van der Waals surface area contributed by atoms with E-state index in [0.717, 1.165) is 6.20 Å². The third-order valence-corrected chi connectivity index (χ3v) is 2.28. The fourth-order valence-corrected chi connectivity index (χ4v) is 1.41. The van der Waals surface area contributed by atoms with Crippen LogP contribution in [0.5, 0.6) is 0 Å². The minimum atomic E-state index is -0.766. The first-order valence-electron chi connectivity index (χ1n) is 4.91. The van der Waals surface area contributed by atoms with Gasteiger partial charge in [0.15, 0.2) is 0 Å². The zero-order chi connectivity index (χ0) is 12.3. The molecule has 0 fully saturated rings. The summed E-state index contributed by atoms with van der Waals surface area (Å²) in [6.45, 7) is 0.165. The van der Waals surface area contributed by atoms with Gasteiger partial charge in [0.25, 0.3) is 0 Å². The third kappa shape index (κ3) is 2.64. The minimum Gasteiger partial charge on any atom is -0.386 e. The van der Waals surface area contributed by atoms with E-state index in [-0.39, 0.29) is 12.2 Å². The predicted octanol–water partition coefficient (Wildman–Crippen LogP) is 0.920. The molecule has 0 aliphatic rings. The summed E-state index contributed by atoms with van der Waals surface area (Å²) < 4.78 is 1.34. The summed E-state index contributed by atoms with van der Waals surface area (Å²) in [5, 5.41) is 24.1. The van der Waals surface area contributed by atoms with Crippen molar-refractivity contribution in [1.29, 1.82) is 0 Å². The van der Waals surface area contributed by atoms with Crippen molar-refractivity contribution in [3.05, 3.63) is 52.6 Å². The van der Waals surface area contributed by atoms with Gasteiger partial charge in [-0.2, -0.15) is 5.10 Å². The van der Waals surface area contributed by atoms with Crippen molar-refractivity contribution in [1.82, 2.24) is 14.8 Å². The van der Waals surface area contributed by atoms with E-state index in [1.54, 1.807) is 24.5 Å². The molecule has 0 radical (unpaired) electrons. The molecule has 0 saturated heterocycles. The molecule has 0 spiro atoms. The molecule has 1 N–H and O–H groups in total. The maximum atomic E-state index is 10.5. The number of nitro groups is 1. The first-order valence-corrected chi connectivity index (χ1v) is 4.91. The van der Waals surface area contributed by atoms with Crippen molar-refractivity contribution in [2.75, 3.05) is 0 Å². The molecule has 0 aromatic carbocycles. The molecular formula is C10H10N4O3. The van der Waals surface area contributed by atoms with Crippen LogP contribution >= 0.6 is 0 Å². The summed E-state index contributed by atoms with van der Waals surface area (Å²) in [6.07, 6.45) is 4.82. The lowest BCUT2D eigenvalue weighted by atomic mass is 10.1. The van der Waals surface area contributed by atoms with Crippen molar-refractivity contribution in [3.63, 3.8) is 0 Å². The van der Waals surface area contributed by atoms with Crippen LogP contribution in [-0.2, 0) is 6.54 Å². The summed E-state index contributed by atoms with van der Waals surface area (Å²) in [7, 11) is 0. The maximum absolute atomic E-state index is 10.5. The highest BCUT2D eigenvalue weighted by molar-refractivity contribution is 5.21. The minimum absolute atomic E-state index is 0.0908. The Bertz CT molecular complexity index is 511. The van der Waals surface area contributed by atoms with Gasteiger partial charge in [0.05, 0.1) is 17.6 Å². The number of aliphatic hydroxyl groups excluding tert-OH is 1. The standard InChI is InChI=1S/C10H10N4O3/c15-10(8-1-3-11-4-2-8)7-13-6-9(5-12-13)14(16)17/h1-6,10,15H,7H2. The fourth-order valence-electron chi connectivity index (χ4n) is 1.41. The molecule has 7 heteroatoms. The predicted molar refractivity (Wildman–Crippen MR) is 58.1 cm³/mol. The van der Waals surface area contributed by atoms with Crippen LogP contribution in [0.2, 0.25) is 0 Å². The molecule has 0 bridgehead atoms. The number of rotatable bonds is 4. The number of aliphatic hydroxyl groups is 1. The quantitative estimate of drug-likeness (QED) is 0.627. The Morgan fingerprint density at radius 3 is 2.76 bits per heavy atom. The van der Waals surface area contributed by atoms with E-state index in [4.69, 9.17) is 0 Å². The Kier molecular flexibility index (Phi) is 3.10. The average Bonchev–Trinajstić information content (AvgIpc) is 2.79. The van der Waals surface area contributed by atoms with Crippen molar-refractivity contribution in [2.24, 2.45) is 0 Å². The van der Waals surface area contributed by atoms with Crippen molar-refractivity contribution in [2.45, 2.75) is 12.6 Å². The molecule has 0 aliphatic heterocycles. The van der Waals surface area contributed by atoms with Gasteiger partial charge in [-0.25, -0.2) is 0 Å². The highest BCUT2D eigenvalue weighted by Gasteiger charge is 2.12. The van der Waals surface area contributed by atoms with Crippen LogP contribution in [0.1, 0.15) is 11.7 Å². The Morgan fingerprint density at radius 1 is 1.47 bits per heavy atom. The summed E-state index contributed by atoms with van der Waals surface area (Å²) in [4.78, 5) is 13.8. The molecule has 88 valence electrons. The van der Waals surface area contributed by atoms with Crippen LogP contribution in [0.4, 0.5) is 5.69 Å². The van der Waals surface area contributed by atoms with Gasteiger partial charge >= 0.3 is 5.69 Å². The van der Waals surface area contributed by atoms with Gasteiger partial charge < -0.3 is 5.11 Å². The third-order valence-electron chi connectivity index (χ3n) is 2.28. The van der Waals surface area contributed by atoms with Gasteiger partial charge in [-0.3, -0.25) is 19.8 Å². The van der Waals surface area contributed by atoms with Gasteiger partial charge in [-0.15, -0.1) is 0 Å². The highest BCUT2D eigenvalue weighted by atomic mass is 16.6. The van der Waals surface area contributed by atoms with Crippen molar-refractivity contribution < 1.29 is 10.0 Å². The molecule has 1 atom stereocenters. The molecule has 17 heavy (non-hydrogen) atoms. The topological polar surface area (TPSA) is 94.1 Å². The molecule has 0 saturated carbocycles. The van der Waals surface area contributed by atoms with Crippen LogP contribution < -0.4 is 0 Å². The van der Waals surface area contributed by atoms with Gasteiger partial charge in [-0.05, 0) is 17.7 Å². The van der Waals surface area contributed by atoms with Crippen LogP contribution in [0.25, 0.3) is 0 Å². The molecule has 1 unspecified atom stereocenters. The van der Waals surface area contributed by atoms with Crippen LogP contribution in [0.3, 0.4) is 0 Å². The Morgan fingerprint density at radius 2 is 2.18 bits per heavy atom. The van der Waals surface area contributed by atoms with E-state index in [0.29, 0.717) is 5.56 Å². The zero-order valence-electron chi connectivity index (χ0n) is 8.80. The molecule has 0 amide bonds. The van der Waals surface area contributed by atoms with Crippen molar-refractivity contribution >= 4 is 5.69 Å². The Balaban J connectivity index is 2.08. The zero-order valence-corrected chi connectivity index (χ0v) is 8.80. The lowest BCUT2D eigenvalue weighted by Crippen LogP contribution is -2.09. The van der Waals surface area contributed by atoms with E-state index >= 15 is 0 Å². The number of nitrogens with zero attached hydrogens (tertiary/aromatic N) is 4. The fraction of sp³-hybridized carbons (Fsp3) is 0.200. The SMILES string of the molecule is O=[N+]([O-])c1cnn(CC(O)c2ccncc2)c1. The van der Waals surface area contributed by atoms with Crippen molar-refractivity contribution in [3.8, 4) is 0 Å². The summed E-state index contributed by atoms with van der Waals surface area (Å²) in [5.74, 6) is 0. The van der Waals surface area contributed by atoms with Gasteiger partial charge in [0.2, 0.25) is 0 Å². The lowest BCUT2D eigenvalue weighted by molar-refractivity contribution is -0.385. The van der Waals surface area contributed by atoms with Gasteiger partial charge in [-0.1, -0.05) is 0 Å². The molecule has 2 aromatic rings. The number of hydrogen-bond acceptors (Lipinski definition) is 5. The molecule has 0 aliphatic carbocycles. The highest BCUT2D eigenvalue weighted by Crippen LogP contribution is 2.15. The Labute approximate surface area is 96.5 Å². The largest absolute Gasteiger partial charge is 0.386 e. The van der Waals surface area contributed by atoms with Gasteiger partial charge in [0, 0.05) is 12.4 Å². The molecule has 7 nitrogen and oxygen atoms in total. The molecule has 2 heterocycles. The monoisotopic (exact) mass is 234 g/mol. The number of pyridine rings is 1. The summed E-state index contributed by atoms with van der Waals surface area (Å²) in [5.41, 5.74) is 0.602. The first-order chi connectivity index (χ1) is 8.16. The number of aromatic nitrogens is 3. The van der Waals surface area contributed by atoms with Crippen LogP contribution in [0.15, 0.2) is 36.9 Å². The van der Waals surface area contributed by atoms with Crippen LogP contribution in [-0.4, -0.2) is 24.8 Å². The van der Waals surface area contributed by atoms with E-state index in [1.807, 2.05) is 0 Å². The molecular weight excluding hydrogens is 224 g/mol. The summed E-state index contributed by atoms with van der Waals surface area (Å²) >= 11 is 0. The second-order valence-electron chi connectivity index (χ2n) is 3.47. The van der Waals surface area contributed by atoms with E-state index in [9.17, 15) is 15.2 Å². The number of hydrogen-bond donors (Lipinski definition) is 1. The van der Waals surface area contributed by atoms with E-state index in [2.05, 4.69) is 10.1 Å². The normalized spacial score (nSPS) is 12.3. The molecule has 2 rings (SSSR count). The smallest absolute Gasteiger partial charge is 0.306 e. The molecule has 2 aromatic heterocycles. The first kappa shape index (κ1) is 11.2. The van der Waals surface area contributed by atoms with Gasteiger partial charge in [0.1, 0.15) is 12.4 Å². The van der Waals surface area contributed by atoms with E-state index in [1.165, 1.54) is 10.9 Å². The second-order valence-corrected chi connectivity index (χ2v) is 3.47. The van der Waals surface area contributed by atoms with Crippen LogP contribution in [0, 0.1) is 10.1 Å². The summed E-state index contributed by atoms with van der Waals surface area (Å²) in [6, 6.07) is 3.37.